The molecule has 1 aromatic carbocycles. The number of aromatic hydroxyl groups is 1. The van der Waals surface area contributed by atoms with Gasteiger partial charge in [-0.15, -0.1) is 0 Å². The maximum absolute atomic E-state index is 13.1. The quantitative estimate of drug-likeness (QED) is 0.862. The average Bonchev–Trinajstić information content (AvgIpc) is 3.05. The molecule has 0 saturated carbocycles. The average molecular weight is 384 g/mol. The smallest absolute Gasteiger partial charge is 0.242 e. The number of carbonyl (C=O) groups is 2. The van der Waals surface area contributed by atoms with Crippen LogP contribution in [0.2, 0.25) is 0 Å². The number of carbonyl (C=O) groups excluding carboxylic acids is 2. The van der Waals surface area contributed by atoms with Crippen molar-refractivity contribution in [3.8, 4) is 5.75 Å². The van der Waals surface area contributed by atoms with Gasteiger partial charge < -0.3 is 10.0 Å². The number of halogens is 1. The van der Waals surface area contributed by atoms with E-state index < -0.39 is 0 Å². The number of rotatable bonds is 4. The van der Waals surface area contributed by atoms with E-state index in [9.17, 15) is 19.1 Å². The normalized spacial score (nSPS) is 20.8. The van der Waals surface area contributed by atoms with E-state index in [1.54, 1.807) is 28.0 Å². The lowest BCUT2D eigenvalue weighted by molar-refractivity contribution is -0.134. The zero-order chi connectivity index (χ0) is 19.7. The molecule has 2 aliphatic rings. The van der Waals surface area contributed by atoms with Gasteiger partial charge in [0.2, 0.25) is 11.8 Å². The largest absolute Gasteiger partial charge is 0.506 e. The summed E-state index contributed by atoms with van der Waals surface area (Å²) in [5, 5.41) is 9.34. The first kappa shape index (κ1) is 18.4. The summed E-state index contributed by atoms with van der Waals surface area (Å²) < 4.78 is 13.1. The fourth-order valence-electron chi connectivity index (χ4n) is 3.77. The van der Waals surface area contributed by atoms with Gasteiger partial charge in [0, 0.05) is 26.2 Å². The molecule has 0 radical (unpaired) electrons. The van der Waals surface area contributed by atoms with Crippen LogP contribution in [0.5, 0.6) is 5.75 Å². The fourth-order valence-corrected chi connectivity index (χ4v) is 3.77. The molecule has 2 fully saturated rings. The van der Waals surface area contributed by atoms with Crippen LogP contribution in [0, 0.1) is 5.82 Å². The highest BCUT2D eigenvalue weighted by molar-refractivity contribution is 5.95. The molecule has 0 bridgehead atoms. The molecule has 28 heavy (non-hydrogen) atoms. The summed E-state index contributed by atoms with van der Waals surface area (Å²) in [4.78, 5) is 34.7. The Balaban J connectivity index is 1.38. The summed E-state index contributed by atoms with van der Waals surface area (Å²) in [5.74, 6) is 0.141. The Morgan fingerprint density at radius 2 is 1.86 bits per heavy atom. The Hall–Kier alpha value is -3.00. The van der Waals surface area contributed by atoms with Crippen molar-refractivity contribution in [1.29, 1.82) is 0 Å². The number of nitrogens with zero attached hydrogens (tertiary/aromatic N) is 4. The number of amides is 2. The lowest BCUT2D eigenvalue weighted by Crippen LogP contribution is -2.55. The SMILES string of the molecule is O=C1C(N2CCN(c3ccc(O)cn3)C(=O)C2)CCN1Cc1ccc(F)cc1. The summed E-state index contributed by atoms with van der Waals surface area (Å²) in [5.41, 5.74) is 0.884. The lowest BCUT2D eigenvalue weighted by Gasteiger charge is -2.36. The summed E-state index contributed by atoms with van der Waals surface area (Å²) in [6, 6.07) is 8.94. The number of benzene rings is 1. The van der Waals surface area contributed by atoms with Gasteiger partial charge in [0.05, 0.1) is 18.8 Å². The Kier molecular flexibility index (Phi) is 4.95. The second kappa shape index (κ2) is 7.55. The van der Waals surface area contributed by atoms with Crippen LogP contribution < -0.4 is 4.90 Å². The molecule has 0 aliphatic carbocycles. The van der Waals surface area contributed by atoms with Crippen LogP contribution in [0.1, 0.15) is 12.0 Å². The molecule has 1 unspecified atom stereocenters. The predicted molar refractivity (Wildman–Crippen MR) is 100 cm³/mol. The van der Waals surface area contributed by atoms with E-state index in [2.05, 4.69) is 4.98 Å². The molecule has 2 aromatic rings. The van der Waals surface area contributed by atoms with Crippen molar-refractivity contribution < 1.29 is 19.1 Å². The predicted octanol–water partition coefficient (Wildman–Crippen LogP) is 1.38. The van der Waals surface area contributed by atoms with E-state index in [0.29, 0.717) is 38.4 Å². The van der Waals surface area contributed by atoms with E-state index in [4.69, 9.17) is 0 Å². The van der Waals surface area contributed by atoms with Gasteiger partial charge >= 0.3 is 0 Å². The Morgan fingerprint density at radius 1 is 1.07 bits per heavy atom. The van der Waals surface area contributed by atoms with Gasteiger partial charge in [-0.2, -0.15) is 0 Å². The number of likely N-dealkylation sites (tertiary alicyclic amines) is 1. The van der Waals surface area contributed by atoms with Crippen LogP contribution in [0.25, 0.3) is 0 Å². The van der Waals surface area contributed by atoms with Crippen LogP contribution in [0.4, 0.5) is 10.2 Å². The number of aromatic nitrogens is 1. The molecule has 4 rings (SSSR count). The number of piperazine rings is 1. The highest BCUT2D eigenvalue weighted by Crippen LogP contribution is 2.23. The maximum Gasteiger partial charge on any atom is 0.242 e. The molecule has 146 valence electrons. The fraction of sp³-hybridized carbons (Fsp3) is 0.350. The summed E-state index contributed by atoms with van der Waals surface area (Å²) in [6.45, 7) is 2.24. The molecule has 1 atom stereocenters. The topological polar surface area (TPSA) is 77.0 Å². The first-order valence-electron chi connectivity index (χ1n) is 9.24. The molecule has 1 N–H and O–H groups in total. The number of hydrogen-bond acceptors (Lipinski definition) is 5. The lowest BCUT2D eigenvalue weighted by atomic mass is 10.1. The van der Waals surface area contributed by atoms with Gasteiger partial charge in [-0.3, -0.25) is 19.4 Å². The Morgan fingerprint density at radius 3 is 2.54 bits per heavy atom. The summed E-state index contributed by atoms with van der Waals surface area (Å²) in [7, 11) is 0. The highest BCUT2D eigenvalue weighted by Gasteiger charge is 2.39. The third-order valence-corrected chi connectivity index (χ3v) is 5.26. The zero-order valence-electron chi connectivity index (χ0n) is 15.3. The van der Waals surface area contributed by atoms with Gasteiger partial charge in [0.25, 0.3) is 0 Å². The minimum absolute atomic E-state index is 0.00772. The molecule has 0 spiro atoms. The number of pyridine rings is 1. The van der Waals surface area contributed by atoms with Crippen molar-refractivity contribution in [2.24, 2.45) is 0 Å². The summed E-state index contributed by atoms with van der Waals surface area (Å²) >= 11 is 0. The van der Waals surface area contributed by atoms with Crippen LogP contribution >= 0.6 is 0 Å². The number of anilines is 1. The van der Waals surface area contributed by atoms with Crippen molar-refractivity contribution in [2.45, 2.75) is 19.0 Å². The minimum Gasteiger partial charge on any atom is -0.506 e. The van der Waals surface area contributed by atoms with Crippen molar-refractivity contribution in [2.75, 3.05) is 31.1 Å². The first-order valence-corrected chi connectivity index (χ1v) is 9.24. The van der Waals surface area contributed by atoms with Crippen molar-refractivity contribution in [3.05, 3.63) is 54.0 Å². The van der Waals surface area contributed by atoms with Crippen molar-refractivity contribution in [3.63, 3.8) is 0 Å². The standard InChI is InChI=1S/C20H21FN4O3/c21-15-3-1-14(2-4-15)12-24-8-7-17(20(24)28)23-9-10-25(19(27)13-23)18-6-5-16(26)11-22-18/h1-6,11,17,26H,7-10,12-13H2. The van der Waals surface area contributed by atoms with E-state index in [1.807, 2.05) is 4.90 Å². The van der Waals surface area contributed by atoms with Gasteiger partial charge in [0.15, 0.2) is 0 Å². The second-order valence-electron chi connectivity index (χ2n) is 7.08. The third-order valence-electron chi connectivity index (χ3n) is 5.26. The minimum atomic E-state index is -0.306. The summed E-state index contributed by atoms with van der Waals surface area (Å²) in [6.07, 6.45) is 1.98. The van der Waals surface area contributed by atoms with Gasteiger partial charge in [-0.25, -0.2) is 9.37 Å². The van der Waals surface area contributed by atoms with Gasteiger partial charge in [0.1, 0.15) is 17.4 Å². The van der Waals surface area contributed by atoms with E-state index in [1.165, 1.54) is 24.4 Å². The first-order chi connectivity index (χ1) is 13.5. The van der Waals surface area contributed by atoms with Crippen molar-refractivity contribution in [1.82, 2.24) is 14.8 Å². The second-order valence-corrected chi connectivity index (χ2v) is 7.08. The van der Waals surface area contributed by atoms with Crippen LogP contribution in [0.3, 0.4) is 0 Å². The molecule has 8 heteroatoms. The monoisotopic (exact) mass is 384 g/mol. The molecule has 2 amide bonds. The Bertz CT molecular complexity index is 872. The van der Waals surface area contributed by atoms with Gasteiger partial charge in [-0.1, -0.05) is 12.1 Å². The molecular formula is C20H21FN4O3. The van der Waals surface area contributed by atoms with E-state index in [0.717, 1.165) is 5.56 Å². The van der Waals surface area contributed by atoms with Crippen LogP contribution in [-0.4, -0.2) is 63.9 Å². The molecular weight excluding hydrogens is 363 g/mol. The van der Waals surface area contributed by atoms with Crippen molar-refractivity contribution >= 4 is 17.6 Å². The third kappa shape index (κ3) is 3.68. The number of hydrogen-bond donors (Lipinski definition) is 1. The van der Waals surface area contributed by atoms with Crippen LogP contribution in [0.15, 0.2) is 42.6 Å². The van der Waals surface area contributed by atoms with E-state index in [-0.39, 0.29) is 36.0 Å². The molecule has 2 aliphatic heterocycles. The molecule has 7 nitrogen and oxygen atoms in total. The van der Waals surface area contributed by atoms with Gasteiger partial charge in [-0.05, 0) is 36.2 Å². The maximum atomic E-state index is 13.1. The van der Waals surface area contributed by atoms with Crippen LogP contribution in [-0.2, 0) is 16.1 Å². The molecule has 2 saturated heterocycles. The molecule has 3 heterocycles. The molecule has 1 aromatic heterocycles. The highest BCUT2D eigenvalue weighted by atomic mass is 19.1. The van der Waals surface area contributed by atoms with E-state index >= 15 is 0 Å². The zero-order valence-corrected chi connectivity index (χ0v) is 15.3. The Labute approximate surface area is 162 Å².